The van der Waals surface area contributed by atoms with Gasteiger partial charge < -0.3 is 15.4 Å². The Kier molecular flexibility index (Phi) is 5.15. The molecule has 0 atom stereocenters. The van der Waals surface area contributed by atoms with Crippen LogP contribution in [0.5, 0.6) is 5.75 Å². The first-order chi connectivity index (χ1) is 10.4. The van der Waals surface area contributed by atoms with Crippen molar-refractivity contribution >= 4 is 5.96 Å². The molecule has 2 rings (SSSR count). The van der Waals surface area contributed by atoms with Crippen LogP contribution in [-0.2, 0) is 12.7 Å². The quantitative estimate of drug-likeness (QED) is 0.649. The van der Waals surface area contributed by atoms with Gasteiger partial charge in [0.05, 0.1) is 19.2 Å². The topological polar surface area (TPSA) is 45.7 Å². The lowest BCUT2D eigenvalue weighted by atomic mass is 10.1. The van der Waals surface area contributed by atoms with Gasteiger partial charge in [-0.05, 0) is 37.5 Å². The van der Waals surface area contributed by atoms with Crippen LogP contribution in [0.4, 0.5) is 13.2 Å². The fourth-order valence-electron chi connectivity index (χ4n) is 1.99. The van der Waals surface area contributed by atoms with Gasteiger partial charge in [0.1, 0.15) is 5.75 Å². The maximum atomic E-state index is 13.1. The standard InChI is InChI=1S/C15H20F3N3O/c1-3-19-14(21-11-5-6-11)20-9-10-4-7-12(22-2)8-13(10)15(16,17)18/h4,7-8,11H,3,5-6,9H2,1-2H3,(H2,19,20,21). The van der Waals surface area contributed by atoms with Crippen LogP contribution in [0.15, 0.2) is 23.2 Å². The van der Waals surface area contributed by atoms with E-state index >= 15 is 0 Å². The van der Waals surface area contributed by atoms with E-state index in [0.717, 1.165) is 18.9 Å². The summed E-state index contributed by atoms with van der Waals surface area (Å²) in [6.07, 6.45) is -2.29. The number of hydrogen-bond acceptors (Lipinski definition) is 2. The summed E-state index contributed by atoms with van der Waals surface area (Å²) >= 11 is 0. The number of guanidine groups is 1. The first-order valence-electron chi connectivity index (χ1n) is 7.23. The largest absolute Gasteiger partial charge is 0.497 e. The molecule has 7 heteroatoms. The molecule has 1 saturated carbocycles. The first kappa shape index (κ1) is 16.5. The number of halogens is 3. The molecule has 0 aliphatic heterocycles. The van der Waals surface area contributed by atoms with Crippen molar-refractivity contribution in [2.24, 2.45) is 4.99 Å². The molecule has 0 heterocycles. The van der Waals surface area contributed by atoms with Crippen LogP contribution in [0, 0.1) is 0 Å². The number of hydrogen-bond donors (Lipinski definition) is 2. The Morgan fingerprint density at radius 2 is 2.09 bits per heavy atom. The Labute approximate surface area is 127 Å². The number of nitrogens with zero attached hydrogens (tertiary/aromatic N) is 1. The summed E-state index contributed by atoms with van der Waals surface area (Å²) in [4.78, 5) is 4.25. The molecule has 0 amide bonds. The predicted molar refractivity (Wildman–Crippen MR) is 79.0 cm³/mol. The fraction of sp³-hybridized carbons (Fsp3) is 0.533. The fourth-order valence-corrected chi connectivity index (χ4v) is 1.99. The van der Waals surface area contributed by atoms with Gasteiger partial charge in [0, 0.05) is 12.6 Å². The van der Waals surface area contributed by atoms with Crippen molar-refractivity contribution in [3.63, 3.8) is 0 Å². The van der Waals surface area contributed by atoms with Crippen LogP contribution in [0.2, 0.25) is 0 Å². The lowest BCUT2D eigenvalue weighted by Gasteiger charge is -2.14. The minimum atomic E-state index is -4.43. The molecule has 4 nitrogen and oxygen atoms in total. The molecular weight excluding hydrogens is 295 g/mol. The highest BCUT2D eigenvalue weighted by atomic mass is 19.4. The minimum Gasteiger partial charge on any atom is -0.497 e. The maximum absolute atomic E-state index is 13.1. The van der Waals surface area contributed by atoms with Gasteiger partial charge in [-0.25, -0.2) is 4.99 Å². The summed E-state index contributed by atoms with van der Waals surface area (Å²) in [6.45, 7) is 2.53. The second kappa shape index (κ2) is 6.89. The molecule has 0 spiro atoms. The molecule has 122 valence electrons. The monoisotopic (exact) mass is 315 g/mol. The van der Waals surface area contributed by atoms with E-state index in [1.807, 2.05) is 6.92 Å². The van der Waals surface area contributed by atoms with E-state index < -0.39 is 11.7 Å². The zero-order valence-electron chi connectivity index (χ0n) is 12.6. The molecule has 1 aliphatic carbocycles. The average molecular weight is 315 g/mol. The molecule has 2 N–H and O–H groups in total. The minimum absolute atomic E-state index is 0.0408. The molecule has 0 bridgehead atoms. The Morgan fingerprint density at radius 3 is 2.64 bits per heavy atom. The third-order valence-electron chi connectivity index (χ3n) is 3.29. The normalized spacial score (nSPS) is 15.6. The first-order valence-corrected chi connectivity index (χ1v) is 7.23. The molecular formula is C15H20F3N3O. The Hall–Kier alpha value is -1.92. The van der Waals surface area contributed by atoms with E-state index in [1.165, 1.54) is 19.2 Å². The van der Waals surface area contributed by atoms with Crippen molar-refractivity contribution in [3.8, 4) is 5.75 Å². The van der Waals surface area contributed by atoms with Crippen LogP contribution in [0.25, 0.3) is 0 Å². The highest BCUT2D eigenvalue weighted by Gasteiger charge is 2.33. The zero-order chi connectivity index (χ0) is 16.2. The summed E-state index contributed by atoms with van der Waals surface area (Å²) in [5.74, 6) is 0.733. The van der Waals surface area contributed by atoms with Crippen molar-refractivity contribution in [3.05, 3.63) is 29.3 Å². The summed E-state index contributed by atoms with van der Waals surface area (Å²) in [5.41, 5.74) is -0.584. The van der Waals surface area contributed by atoms with Gasteiger partial charge in [-0.3, -0.25) is 0 Å². The van der Waals surface area contributed by atoms with Crippen molar-refractivity contribution in [2.75, 3.05) is 13.7 Å². The number of nitrogens with one attached hydrogen (secondary N) is 2. The molecule has 0 aromatic heterocycles. The Balaban J connectivity index is 2.19. The van der Waals surface area contributed by atoms with E-state index in [1.54, 1.807) is 0 Å². The number of ether oxygens (including phenoxy) is 1. The molecule has 1 aliphatic rings. The van der Waals surface area contributed by atoms with Gasteiger partial charge in [-0.1, -0.05) is 6.07 Å². The van der Waals surface area contributed by atoms with E-state index in [0.29, 0.717) is 18.5 Å². The summed E-state index contributed by atoms with van der Waals surface area (Å²) in [7, 11) is 1.34. The van der Waals surface area contributed by atoms with Crippen molar-refractivity contribution in [1.29, 1.82) is 0 Å². The van der Waals surface area contributed by atoms with Crippen molar-refractivity contribution < 1.29 is 17.9 Å². The SMILES string of the molecule is CCNC(=NCc1ccc(OC)cc1C(F)(F)F)NC1CC1. The second-order valence-corrected chi connectivity index (χ2v) is 5.13. The number of rotatable bonds is 5. The van der Waals surface area contributed by atoms with Gasteiger partial charge in [-0.2, -0.15) is 13.2 Å². The summed E-state index contributed by atoms with van der Waals surface area (Å²) in [5, 5.41) is 6.21. The predicted octanol–water partition coefficient (Wildman–Crippen LogP) is 2.93. The number of methoxy groups -OCH3 is 1. The highest BCUT2D eigenvalue weighted by molar-refractivity contribution is 5.80. The molecule has 1 fully saturated rings. The second-order valence-electron chi connectivity index (χ2n) is 5.13. The van der Waals surface area contributed by atoms with Gasteiger partial charge >= 0.3 is 6.18 Å². The lowest BCUT2D eigenvalue weighted by Crippen LogP contribution is -2.38. The molecule has 1 aromatic rings. The molecule has 1 aromatic carbocycles. The molecule has 0 saturated heterocycles. The summed E-state index contributed by atoms with van der Waals surface area (Å²) < 4.78 is 44.2. The average Bonchev–Trinajstić information content (AvgIpc) is 3.28. The van der Waals surface area contributed by atoms with Gasteiger partial charge in [0.2, 0.25) is 0 Å². The zero-order valence-corrected chi connectivity index (χ0v) is 12.6. The number of aliphatic imine (C=N–C) groups is 1. The van der Waals surface area contributed by atoms with Gasteiger partial charge in [0.15, 0.2) is 5.96 Å². The third-order valence-corrected chi connectivity index (χ3v) is 3.29. The van der Waals surface area contributed by atoms with Crippen molar-refractivity contribution in [2.45, 2.75) is 38.5 Å². The summed E-state index contributed by atoms with van der Waals surface area (Å²) in [6, 6.07) is 4.31. The number of benzene rings is 1. The maximum Gasteiger partial charge on any atom is 0.416 e. The molecule has 0 unspecified atom stereocenters. The van der Waals surface area contributed by atoms with Crippen LogP contribution < -0.4 is 15.4 Å². The third kappa shape index (κ3) is 4.54. The van der Waals surface area contributed by atoms with E-state index in [-0.39, 0.29) is 17.9 Å². The van der Waals surface area contributed by atoms with Gasteiger partial charge in [0.25, 0.3) is 0 Å². The van der Waals surface area contributed by atoms with Crippen LogP contribution in [-0.4, -0.2) is 25.7 Å². The van der Waals surface area contributed by atoms with Crippen LogP contribution in [0.1, 0.15) is 30.9 Å². The van der Waals surface area contributed by atoms with E-state index in [9.17, 15) is 13.2 Å². The van der Waals surface area contributed by atoms with Gasteiger partial charge in [-0.15, -0.1) is 0 Å². The van der Waals surface area contributed by atoms with E-state index in [4.69, 9.17) is 4.74 Å². The van der Waals surface area contributed by atoms with Crippen LogP contribution in [0.3, 0.4) is 0 Å². The Morgan fingerprint density at radius 1 is 1.36 bits per heavy atom. The lowest BCUT2D eigenvalue weighted by molar-refractivity contribution is -0.138. The number of alkyl halides is 3. The molecule has 22 heavy (non-hydrogen) atoms. The smallest absolute Gasteiger partial charge is 0.416 e. The molecule has 0 radical (unpaired) electrons. The van der Waals surface area contributed by atoms with Crippen molar-refractivity contribution in [1.82, 2.24) is 10.6 Å². The van der Waals surface area contributed by atoms with Crippen LogP contribution >= 0.6 is 0 Å². The Bertz CT molecular complexity index is 539. The highest BCUT2D eigenvalue weighted by Crippen LogP contribution is 2.34. The van der Waals surface area contributed by atoms with E-state index in [2.05, 4.69) is 15.6 Å².